The summed E-state index contributed by atoms with van der Waals surface area (Å²) in [7, 11) is 1.57. The topological polar surface area (TPSA) is 66.2 Å². The third-order valence-electron chi connectivity index (χ3n) is 4.37. The highest BCUT2D eigenvalue weighted by atomic mass is 32.2. The summed E-state index contributed by atoms with van der Waals surface area (Å²) in [5.41, 5.74) is 2.73. The van der Waals surface area contributed by atoms with Gasteiger partial charge < -0.3 is 9.64 Å². The van der Waals surface area contributed by atoms with Crippen LogP contribution in [0.4, 0.5) is 5.69 Å². The second kappa shape index (κ2) is 9.25. The number of thioether (sulfide) groups is 1. The summed E-state index contributed by atoms with van der Waals surface area (Å²) >= 11 is 1.40. The van der Waals surface area contributed by atoms with Crippen LogP contribution in [0.25, 0.3) is 10.9 Å². The molecule has 1 heterocycles. The number of nitriles is 1. The second-order valence-corrected chi connectivity index (χ2v) is 7.20. The molecule has 0 saturated heterocycles. The lowest BCUT2D eigenvalue weighted by atomic mass is 10.1. The normalized spacial score (nSPS) is 10.5. The van der Waals surface area contributed by atoms with E-state index in [2.05, 4.69) is 11.1 Å². The lowest BCUT2D eigenvalue weighted by Crippen LogP contribution is -2.33. The molecule has 0 spiro atoms. The number of hydrogen-bond donors (Lipinski definition) is 0. The number of aryl methyl sites for hydroxylation is 1. The van der Waals surface area contributed by atoms with E-state index in [0.29, 0.717) is 18.0 Å². The number of aromatic nitrogens is 1. The predicted molar refractivity (Wildman–Crippen MR) is 113 cm³/mol. The van der Waals surface area contributed by atoms with Crippen molar-refractivity contribution in [3.05, 3.63) is 60.2 Å². The van der Waals surface area contributed by atoms with Crippen molar-refractivity contribution in [3.63, 3.8) is 0 Å². The molecule has 0 unspecified atom stereocenters. The van der Waals surface area contributed by atoms with Crippen LogP contribution in [0.3, 0.4) is 0 Å². The molecule has 0 N–H and O–H groups in total. The van der Waals surface area contributed by atoms with E-state index < -0.39 is 0 Å². The fraction of sp³-hybridized carbons (Fsp3) is 0.227. The maximum Gasteiger partial charge on any atom is 0.237 e. The minimum Gasteiger partial charge on any atom is -0.495 e. The van der Waals surface area contributed by atoms with Crippen LogP contribution in [0.15, 0.2) is 59.6 Å². The van der Waals surface area contributed by atoms with Crippen molar-refractivity contribution in [1.29, 1.82) is 5.26 Å². The zero-order chi connectivity index (χ0) is 19.9. The summed E-state index contributed by atoms with van der Waals surface area (Å²) in [4.78, 5) is 19.2. The highest BCUT2D eigenvalue weighted by Crippen LogP contribution is 2.29. The van der Waals surface area contributed by atoms with Gasteiger partial charge in [-0.15, -0.1) is 0 Å². The van der Waals surface area contributed by atoms with Crippen molar-refractivity contribution in [3.8, 4) is 11.8 Å². The Kier molecular flexibility index (Phi) is 6.51. The Morgan fingerprint density at radius 1 is 1.21 bits per heavy atom. The van der Waals surface area contributed by atoms with Crippen LogP contribution < -0.4 is 9.64 Å². The number of methoxy groups -OCH3 is 1. The molecule has 0 radical (unpaired) electrons. The van der Waals surface area contributed by atoms with E-state index in [-0.39, 0.29) is 18.1 Å². The molecule has 1 aromatic heterocycles. The summed E-state index contributed by atoms with van der Waals surface area (Å²) < 4.78 is 5.39. The molecule has 28 heavy (non-hydrogen) atoms. The maximum absolute atomic E-state index is 13.0. The first-order valence-electron chi connectivity index (χ1n) is 8.93. The Bertz CT molecular complexity index is 1030. The zero-order valence-corrected chi connectivity index (χ0v) is 16.7. The average molecular weight is 391 g/mol. The van der Waals surface area contributed by atoms with Gasteiger partial charge in [-0.05, 0) is 36.8 Å². The summed E-state index contributed by atoms with van der Waals surface area (Å²) in [6.07, 6.45) is 0.252. The second-order valence-electron chi connectivity index (χ2n) is 6.21. The smallest absolute Gasteiger partial charge is 0.237 e. The van der Waals surface area contributed by atoms with E-state index in [4.69, 9.17) is 10.00 Å². The summed E-state index contributed by atoms with van der Waals surface area (Å²) in [6.45, 7) is 2.37. The predicted octanol–water partition coefficient (Wildman–Crippen LogP) is 4.59. The SMILES string of the molecule is COc1ccccc1N(CCC#N)C(=O)CSc1cc(C)c2ccccc2n1. The molecular weight excluding hydrogens is 370 g/mol. The fourth-order valence-electron chi connectivity index (χ4n) is 3.00. The Balaban J connectivity index is 1.80. The van der Waals surface area contributed by atoms with Gasteiger partial charge in [-0.1, -0.05) is 42.1 Å². The Morgan fingerprint density at radius 3 is 2.75 bits per heavy atom. The summed E-state index contributed by atoms with van der Waals surface area (Å²) in [5.74, 6) is 0.754. The first-order chi connectivity index (χ1) is 13.6. The highest BCUT2D eigenvalue weighted by Gasteiger charge is 2.19. The van der Waals surface area contributed by atoms with Gasteiger partial charge in [0.1, 0.15) is 5.75 Å². The number of hydrogen-bond acceptors (Lipinski definition) is 5. The number of benzene rings is 2. The van der Waals surface area contributed by atoms with E-state index >= 15 is 0 Å². The molecule has 0 fully saturated rings. The molecule has 1 amide bonds. The minimum atomic E-state index is -0.0858. The van der Waals surface area contributed by atoms with Gasteiger partial charge in [0.05, 0.1) is 41.6 Å². The molecule has 5 nitrogen and oxygen atoms in total. The Hall–Kier alpha value is -3.04. The lowest BCUT2D eigenvalue weighted by Gasteiger charge is -2.23. The van der Waals surface area contributed by atoms with E-state index in [9.17, 15) is 4.79 Å². The molecule has 2 aromatic carbocycles. The number of carbonyl (C=O) groups excluding carboxylic acids is 1. The van der Waals surface area contributed by atoms with Crippen molar-refractivity contribution >= 4 is 34.3 Å². The molecule has 3 aromatic rings. The van der Waals surface area contributed by atoms with E-state index in [1.807, 2.05) is 61.5 Å². The van der Waals surface area contributed by atoms with Crippen molar-refractivity contribution in [2.24, 2.45) is 0 Å². The van der Waals surface area contributed by atoms with E-state index in [0.717, 1.165) is 21.5 Å². The standard InChI is InChI=1S/C22H21N3O2S/c1-16-14-21(24-18-9-4-3-8-17(16)18)28-15-22(26)25(13-7-12-23)19-10-5-6-11-20(19)27-2/h3-6,8-11,14H,7,13,15H2,1-2H3. The van der Waals surface area contributed by atoms with Crippen molar-refractivity contribution in [2.45, 2.75) is 18.4 Å². The molecule has 142 valence electrons. The number of ether oxygens (including phenoxy) is 1. The minimum absolute atomic E-state index is 0.0858. The zero-order valence-electron chi connectivity index (χ0n) is 15.9. The maximum atomic E-state index is 13.0. The van der Waals surface area contributed by atoms with Gasteiger partial charge in [0.2, 0.25) is 5.91 Å². The number of rotatable bonds is 7. The van der Waals surface area contributed by atoms with Gasteiger partial charge in [-0.25, -0.2) is 4.98 Å². The molecule has 3 rings (SSSR count). The van der Waals surface area contributed by atoms with Crippen molar-refractivity contribution in [1.82, 2.24) is 4.98 Å². The van der Waals surface area contributed by atoms with Crippen LogP contribution in [0.5, 0.6) is 5.75 Å². The first kappa shape index (κ1) is 19.7. The van der Waals surface area contributed by atoms with Gasteiger partial charge in [0, 0.05) is 11.9 Å². The average Bonchev–Trinajstić information content (AvgIpc) is 2.73. The lowest BCUT2D eigenvalue weighted by molar-refractivity contribution is -0.116. The third-order valence-corrected chi connectivity index (χ3v) is 5.26. The van der Waals surface area contributed by atoms with Gasteiger partial charge in [0.25, 0.3) is 0 Å². The number of pyridine rings is 1. The van der Waals surface area contributed by atoms with Crippen LogP contribution in [0.1, 0.15) is 12.0 Å². The highest BCUT2D eigenvalue weighted by molar-refractivity contribution is 7.99. The van der Waals surface area contributed by atoms with Gasteiger partial charge in [0.15, 0.2) is 0 Å². The largest absolute Gasteiger partial charge is 0.495 e. The molecule has 6 heteroatoms. The molecule has 0 bridgehead atoms. The van der Waals surface area contributed by atoms with Crippen LogP contribution >= 0.6 is 11.8 Å². The third kappa shape index (κ3) is 4.44. The van der Waals surface area contributed by atoms with Crippen LogP contribution in [0.2, 0.25) is 0 Å². The monoisotopic (exact) mass is 391 g/mol. The fourth-order valence-corrected chi connectivity index (χ4v) is 3.85. The molecule has 0 saturated carbocycles. The number of anilines is 1. The summed E-state index contributed by atoms with van der Waals surface area (Å²) in [5, 5.41) is 10.9. The summed E-state index contributed by atoms with van der Waals surface area (Å²) in [6, 6.07) is 19.4. The van der Waals surface area contributed by atoms with Crippen molar-refractivity contribution < 1.29 is 9.53 Å². The molecule has 0 aliphatic heterocycles. The number of para-hydroxylation sites is 3. The van der Waals surface area contributed by atoms with Gasteiger partial charge in [-0.3, -0.25) is 4.79 Å². The number of fused-ring (bicyclic) bond motifs is 1. The van der Waals surface area contributed by atoms with Gasteiger partial charge >= 0.3 is 0 Å². The quantitative estimate of drug-likeness (QED) is 0.551. The number of nitrogens with zero attached hydrogens (tertiary/aromatic N) is 3. The van der Waals surface area contributed by atoms with Crippen LogP contribution in [-0.2, 0) is 4.79 Å². The molecule has 0 aliphatic rings. The van der Waals surface area contributed by atoms with E-state index in [1.54, 1.807) is 12.0 Å². The van der Waals surface area contributed by atoms with Crippen LogP contribution in [0, 0.1) is 18.3 Å². The van der Waals surface area contributed by atoms with E-state index in [1.165, 1.54) is 11.8 Å². The van der Waals surface area contributed by atoms with Crippen molar-refractivity contribution in [2.75, 3.05) is 24.3 Å². The molecular formula is C22H21N3O2S. The number of carbonyl (C=O) groups is 1. The Labute approximate surface area is 168 Å². The first-order valence-corrected chi connectivity index (χ1v) is 9.92. The Morgan fingerprint density at radius 2 is 1.96 bits per heavy atom. The molecule has 0 atom stereocenters. The number of amides is 1. The molecule has 0 aliphatic carbocycles. The van der Waals surface area contributed by atoms with Gasteiger partial charge in [-0.2, -0.15) is 5.26 Å². The van der Waals surface area contributed by atoms with Crippen LogP contribution in [-0.4, -0.2) is 30.3 Å².